The summed E-state index contributed by atoms with van der Waals surface area (Å²) in [5, 5.41) is 1.32. The molecule has 8 aromatic carbocycles. The van der Waals surface area contributed by atoms with Crippen LogP contribution in [0.1, 0.15) is 21.6 Å². The molecule has 0 unspecified atom stereocenters. The molecule has 1 aromatic heterocycles. The van der Waals surface area contributed by atoms with Gasteiger partial charge in [0.05, 0.1) is 11.1 Å². The highest BCUT2D eigenvalue weighted by atomic mass is 32.1. The van der Waals surface area contributed by atoms with Crippen molar-refractivity contribution in [1.29, 1.82) is 0 Å². The molecule has 0 fully saturated rings. The van der Waals surface area contributed by atoms with E-state index in [2.05, 4.69) is 205 Å². The van der Waals surface area contributed by atoms with Crippen molar-refractivity contribution in [2.75, 3.05) is 4.90 Å². The molecule has 1 heterocycles. The molecule has 0 bridgehead atoms. The Bertz CT molecular complexity index is 2680. The molecule has 0 atom stereocenters. The molecule has 0 aliphatic heterocycles. The molecule has 2 heteroatoms. The molecule has 2 aliphatic rings. The van der Waals surface area contributed by atoms with Gasteiger partial charge in [0, 0.05) is 37.5 Å². The zero-order valence-corrected chi connectivity index (χ0v) is 29.7. The first-order chi connectivity index (χ1) is 26.3. The van der Waals surface area contributed by atoms with Gasteiger partial charge in [-0.05, 0) is 86.5 Å². The van der Waals surface area contributed by atoms with E-state index in [0.717, 1.165) is 11.4 Å². The monoisotopic (exact) mass is 691 g/mol. The normalized spacial score (nSPS) is 13.1. The molecule has 0 radical (unpaired) electrons. The van der Waals surface area contributed by atoms with E-state index in [0.29, 0.717) is 0 Å². The molecule has 0 N–H and O–H groups in total. The SMILES string of the molecule is c1ccc(-c2ccc(N(c3ccc(-c4ccccc4)cc3)c3cccc4c3-c3c(sc5ccccc35)C43c4ccccc4-c4ccccc43)cc2)cc1. The molecule has 0 amide bonds. The summed E-state index contributed by atoms with van der Waals surface area (Å²) < 4.78 is 1.32. The first-order valence-corrected chi connectivity index (χ1v) is 19.1. The Morgan fingerprint density at radius 2 is 0.830 bits per heavy atom. The minimum absolute atomic E-state index is 0.405. The van der Waals surface area contributed by atoms with Crippen molar-refractivity contribution >= 4 is 38.5 Å². The molecule has 9 aromatic rings. The van der Waals surface area contributed by atoms with Crippen LogP contribution in [0.4, 0.5) is 17.1 Å². The van der Waals surface area contributed by atoms with Crippen molar-refractivity contribution in [3.05, 3.63) is 222 Å². The topological polar surface area (TPSA) is 3.24 Å². The molecular weight excluding hydrogens is 659 g/mol. The fourth-order valence-electron chi connectivity index (χ4n) is 9.05. The number of rotatable bonds is 5. The lowest BCUT2D eigenvalue weighted by Crippen LogP contribution is -2.25. The largest absolute Gasteiger partial charge is 0.310 e. The van der Waals surface area contributed by atoms with Crippen molar-refractivity contribution in [2.45, 2.75) is 5.41 Å². The standard InChI is InChI=1S/C51H33NS/c1-3-14-34(15-4-1)36-26-30-38(31-27-36)52(39-32-28-37(29-33-39)35-16-5-2-6-17-35)46-24-13-23-45-49(46)48-42-20-9-12-25-47(42)53-50(48)51(45)43-21-10-7-18-40(43)41-19-8-11-22-44(41)51/h1-33H. The van der Waals surface area contributed by atoms with Crippen LogP contribution in [0.2, 0.25) is 0 Å². The van der Waals surface area contributed by atoms with Crippen LogP contribution in [0.15, 0.2) is 200 Å². The highest BCUT2D eigenvalue weighted by molar-refractivity contribution is 7.20. The second-order valence-corrected chi connectivity index (χ2v) is 15.1. The summed E-state index contributed by atoms with van der Waals surface area (Å²) >= 11 is 1.96. The van der Waals surface area contributed by atoms with E-state index in [1.165, 1.54) is 81.8 Å². The van der Waals surface area contributed by atoms with Crippen LogP contribution >= 0.6 is 11.3 Å². The smallest absolute Gasteiger partial charge is 0.0820 e. The predicted molar refractivity (Wildman–Crippen MR) is 224 cm³/mol. The van der Waals surface area contributed by atoms with Gasteiger partial charge < -0.3 is 4.90 Å². The van der Waals surface area contributed by atoms with Gasteiger partial charge in [-0.15, -0.1) is 11.3 Å². The molecule has 1 nitrogen and oxygen atoms in total. The molecule has 2 aliphatic carbocycles. The van der Waals surface area contributed by atoms with E-state index in [9.17, 15) is 0 Å². The number of fused-ring (bicyclic) bond motifs is 12. The van der Waals surface area contributed by atoms with Crippen LogP contribution in [0.3, 0.4) is 0 Å². The van der Waals surface area contributed by atoms with Crippen molar-refractivity contribution in [3.8, 4) is 44.5 Å². The summed E-state index contributed by atoms with van der Waals surface area (Å²) in [5.74, 6) is 0. The van der Waals surface area contributed by atoms with E-state index < -0.39 is 5.41 Å². The zero-order valence-electron chi connectivity index (χ0n) is 28.9. The number of thiophene rings is 1. The Balaban J connectivity index is 1.19. The lowest BCUT2D eigenvalue weighted by atomic mass is 9.74. The molecule has 11 rings (SSSR count). The van der Waals surface area contributed by atoms with E-state index in [1.807, 2.05) is 11.3 Å². The average Bonchev–Trinajstić information content (AvgIpc) is 3.86. The molecular formula is C51H33NS. The van der Waals surface area contributed by atoms with Crippen LogP contribution in [-0.4, -0.2) is 0 Å². The van der Waals surface area contributed by atoms with Crippen LogP contribution in [0, 0.1) is 0 Å². The number of hydrogen-bond acceptors (Lipinski definition) is 2. The summed E-state index contributed by atoms with van der Waals surface area (Å²) in [7, 11) is 0. The van der Waals surface area contributed by atoms with Crippen LogP contribution in [-0.2, 0) is 5.41 Å². The maximum Gasteiger partial charge on any atom is 0.0820 e. The Morgan fingerprint density at radius 1 is 0.358 bits per heavy atom. The molecule has 248 valence electrons. The zero-order chi connectivity index (χ0) is 34.9. The summed E-state index contributed by atoms with van der Waals surface area (Å²) in [4.78, 5) is 3.89. The van der Waals surface area contributed by atoms with Gasteiger partial charge in [0.1, 0.15) is 0 Å². The van der Waals surface area contributed by atoms with Crippen molar-refractivity contribution < 1.29 is 0 Å². The summed E-state index contributed by atoms with van der Waals surface area (Å²) in [6.07, 6.45) is 0. The molecule has 1 spiro atoms. The number of anilines is 3. The van der Waals surface area contributed by atoms with Crippen molar-refractivity contribution in [3.63, 3.8) is 0 Å². The van der Waals surface area contributed by atoms with Gasteiger partial charge in [-0.3, -0.25) is 0 Å². The van der Waals surface area contributed by atoms with Gasteiger partial charge in [0.15, 0.2) is 0 Å². The lowest BCUT2D eigenvalue weighted by molar-refractivity contribution is 0.811. The summed E-state index contributed by atoms with van der Waals surface area (Å²) in [5.41, 5.74) is 17.3. The first kappa shape index (κ1) is 30.2. The Hall–Kier alpha value is -6.48. The van der Waals surface area contributed by atoms with E-state index in [-0.39, 0.29) is 0 Å². The molecule has 0 saturated carbocycles. The fourth-order valence-corrected chi connectivity index (χ4v) is 10.5. The quantitative estimate of drug-likeness (QED) is 0.174. The van der Waals surface area contributed by atoms with E-state index in [4.69, 9.17) is 0 Å². The van der Waals surface area contributed by atoms with Gasteiger partial charge in [0.2, 0.25) is 0 Å². The lowest BCUT2D eigenvalue weighted by Gasteiger charge is -2.31. The van der Waals surface area contributed by atoms with Gasteiger partial charge in [0.25, 0.3) is 0 Å². The molecule has 53 heavy (non-hydrogen) atoms. The third-order valence-electron chi connectivity index (χ3n) is 11.3. The number of benzene rings is 8. The Labute approximate surface area is 313 Å². The first-order valence-electron chi connectivity index (χ1n) is 18.3. The average molecular weight is 692 g/mol. The minimum Gasteiger partial charge on any atom is -0.310 e. The Morgan fingerprint density at radius 3 is 1.42 bits per heavy atom. The van der Waals surface area contributed by atoms with Gasteiger partial charge in [-0.25, -0.2) is 0 Å². The second kappa shape index (κ2) is 11.8. The highest BCUT2D eigenvalue weighted by Crippen LogP contribution is 2.67. The van der Waals surface area contributed by atoms with E-state index in [1.54, 1.807) is 0 Å². The van der Waals surface area contributed by atoms with Gasteiger partial charge >= 0.3 is 0 Å². The van der Waals surface area contributed by atoms with Crippen LogP contribution in [0.25, 0.3) is 54.6 Å². The summed E-state index contributed by atoms with van der Waals surface area (Å²) in [6, 6.07) is 73.6. The summed E-state index contributed by atoms with van der Waals surface area (Å²) in [6.45, 7) is 0. The predicted octanol–water partition coefficient (Wildman–Crippen LogP) is 14.0. The van der Waals surface area contributed by atoms with E-state index >= 15 is 0 Å². The highest BCUT2D eigenvalue weighted by Gasteiger charge is 2.54. The fraction of sp³-hybridized carbons (Fsp3) is 0.0196. The van der Waals surface area contributed by atoms with Gasteiger partial charge in [-0.2, -0.15) is 0 Å². The number of nitrogens with zero attached hydrogens (tertiary/aromatic N) is 1. The Kier molecular flexibility index (Phi) is 6.71. The molecule has 0 saturated heterocycles. The third-order valence-corrected chi connectivity index (χ3v) is 12.6. The van der Waals surface area contributed by atoms with Crippen molar-refractivity contribution in [2.24, 2.45) is 0 Å². The second-order valence-electron chi connectivity index (χ2n) is 14.0. The maximum absolute atomic E-state index is 2.48. The van der Waals surface area contributed by atoms with Crippen LogP contribution in [0.5, 0.6) is 0 Å². The third kappa shape index (κ3) is 4.37. The number of hydrogen-bond donors (Lipinski definition) is 0. The van der Waals surface area contributed by atoms with Crippen LogP contribution < -0.4 is 4.90 Å². The van der Waals surface area contributed by atoms with Crippen molar-refractivity contribution in [1.82, 2.24) is 0 Å². The minimum atomic E-state index is -0.405. The maximum atomic E-state index is 2.48. The van der Waals surface area contributed by atoms with Gasteiger partial charge in [-0.1, -0.05) is 164 Å².